The van der Waals surface area contributed by atoms with E-state index in [1.54, 1.807) is 26.0 Å². The highest BCUT2D eigenvalue weighted by atomic mass is 32.1. The number of carboxylic acids is 1. The molecule has 3 aromatic rings. The minimum absolute atomic E-state index is 0.0291. The van der Waals surface area contributed by atoms with Gasteiger partial charge in [-0.15, -0.1) is 11.3 Å². The Kier molecular flexibility index (Phi) is 8.06. The highest BCUT2D eigenvalue weighted by Crippen LogP contribution is 2.53. The van der Waals surface area contributed by atoms with Crippen LogP contribution < -0.4 is 0 Å². The van der Waals surface area contributed by atoms with Crippen LogP contribution in [-0.2, 0) is 25.9 Å². The molecular weight excluding hydrogens is 476 g/mol. The first kappa shape index (κ1) is 25.8. The lowest BCUT2D eigenvalue weighted by atomic mass is 9.78. The Morgan fingerprint density at radius 2 is 1.91 bits per heavy atom. The first-order valence-electron chi connectivity index (χ1n) is 10.5. The number of hydrogen-bond acceptors (Lipinski definition) is 6. The molecule has 0 saturated carbocycles. The molecule has 0 spiro atoms. The third-order valence-electron chi connectivity index (χ3n) is 5.30. The molecule has 3 unspecified atom stereocenters. The van der Waals surface area contributed by atoms with Crippen LogP contribution in [0.2, 0.25) is 0 Å². The van der Waals surface area contributed by atoms with E-state index < -0.39 is 30.6 Å². The van der Waals surface area contributed by atoms with Gasteiger partial charge in [0.15, 0.2) is 0 Å². The standard InChI is InChI=1S/C25H25FNO5PS/c1-17(2)13-14-25(23(28)29,33(31)32-3)24(30,16-18-9-11-19(26)12-10-18)22-8-4-6-20(27-22)21-7-5-15-34-21/h4-12,15,17,30,33H,16H2,1-3H3,(H,28,29). The molecule has 6 nitrogen and oxygen atoms in total. The number of hydrogen-bond donors (Lipinski definition) is 2. The van der Waals surface area contributed by atoms with Crippen molar-refractivity contribution in [2.24, 2.45) is 5.92 Å². The Labute approximate surface area is 202 Å². The number of aromatic nitrogens is 1. The molecule has 2 N–H and O–H groups in total. The van der Waals surface area contributed by atoms with E-state index in [9.17, 15) is 24.0 Å². The number of pyridine rings is 1. The quantitative estimate of drug-likeness (QED) is 0.334. The maximum Gasteiger partial charge on any atom is 0.335 e. The molecule has 9 heteroatoms. The van der Waals surface area contributed by atoms with Crippen molar-refractivity contribution in [3.8, 4) is 22.4 Å². The molecule has 34 heavy (non-hydrogen) atoms. The summed E-state index contributed by atoms with van der Waals surface area (Å²) in [4.78, 5) is 18.2. The van der Waals surface area contributed by atoms with E-state index in [1.165, 1.54) is 41.7 Å². The second-order valence-electron chi connectivity index (χ2n) is 8.02. The highest BCUT2D eigenvalue weighted by molar-refractivity contribution is 7.43. The maximum atomic E-state index is 13.6. The molecule has 0 aliphatic heterocycles. The van der Waals surface area contributed by atoms with Gasteiger partial charge in [0.25, 0.3) is 0 Å². The fourth-order valence-corrected chi connectivity index (χ4v) is 5.49. The zero-order chi connectivity index (χ0) is 24.9. The molecule has 0 saturated heterocycles. The van der Waals surface area contributed by atoms with Crippen molar-refractivity contribution in [2.75, 3.05) is 7.11 Å². The summed E-state index contributed by atoms with van der Waals surface area (Å²) in [6.07, 6.45) is -0.340. The van der Waals surface area contributed by atoms with Crippen LogP contribution in [0.4, 0.5) is 4.39 Å². The third-order valence-corrected chi connectivity index (χ3v) is 7.93. The molecule has 0 bridgehead atoms. The van der Waals surface area contributed by atoms with Crippen LogP contribution in [0.25, 0.3) is 10.6 Å². The van der Waals surface area contributed by atoms with Crippen molar-refractivity contribution in [3.05, 3.63) is 77.1 Å². The lowest BCUT2D eigenvalue weighted by Crippen LogP contribution is -2.56. The summed E-state index contributed by atoms with van der Waals surface area (Å²) in [6.45, 7) is 3.50. The number of halogens is 1. The van der Waals surface area contributed by atoms with E-state index in [0.29, 0.717) is 11.3 Å². The van der Waals surface area contributed by atoms with E-state index in [2.05, 4.69) is 16.8 Å². The SMILES string of the molecule is CO[PH](=O)C(C#CC(C)C)(C(=O)O)C(O)(Cc1ccc(F)cc1)c1cccc(-c2cccs2)n1. The molecule has 0 radical (unpaired) electrons. The fraction of sp³-hybridized carbons (Fsp3) is 0.280. The van der Waals surface area contributed by atoms with Crippen molar-refractivity contribution in [1.82, 2.24) is 4.98 Å². The van der Waals surface area contributed by atoms with Gasteiger partial charge in [-0.3, -0.25) is 4.57 Å². The Morgan fingerprint density at radius 1 is 1.21 bits per heavy atom. The van der Waals surface area contributed by atoms with E-state index in [4.69, 9.17) is 4.52 Å². The number of carboxylic acid groups (broad SMARTS) is 1. The lowest BCUT2D eigenvalue weighted by Gasteiger charge is -2.39. The third kappa shape index (κ3) is 4.98. The van der Waals surface area contributed by atoms with Crippen molar-refractivity contribution in [2.45, 2.75) is 31.0 Å². The summed E-state index contributed by atoms with van der Waals surface area (Å²) in [7, 11) is -2.39. The van der Waals surface area contributed by atoms with Gasteiger partial charge in [0.1, 0.15) is 11.4 Å². The smallest absolute Gasteiger partial charge is 0.335 e. The normalized spacial score (nSPS) is 15.6. The van der Waals surface area contributed by atoms with Gasteiger partial charge in [0.05, 0.1) is 16.3 Å². The van der Waals surface area contributed by atoms with E-state index >= 15 is 0 Å². The number of benzene rings is 1. The van der Waals surface area contributed by atoms with Gasteiger partial charge in [0.2, 0.25) is 13.2 Å². The molecule has 178 valence electrons. The molecular formula is C25H25FNO5PS. The molecule has 0 aliphatic rings. The number of thiophene rings is 1. The zero-order valence-electron chi connectivity index (χ0n) is 18.9. The maximum absolute atomic E-state index is 13.6. The van der Waals surface area contributed by atoms with Crippen LogP contribution >= 0.6 is 19.4 Å². The predicted molar refractivity (Wildman–Crippen MR) is 131 cm³/mol. The Bertz CT molecular complexity index is 1240. The second-order valence-corrected chi connectivity index (χ2v) is 10.7. The van der Waals surface area contributed by atoms with Gasteiger partial charge in [-0.05, 0) is 41.3 Å². The Balaban J connectivity index is 2.34. The summed E-state index contributed by atoms with van der Waals surface area (Å²) < 4.78 is 31.9. The predicted octanol–water partition coefficient (Wildman–Crippen LogP) is 4.98. The van der Waals surface area contributed by atoms with E-state index in [-0.39, 0.29) is 18.0 Å². The number of aliphatic hydroxyl groups is 1. The minimum Gasteiger partial charge on any atom is -0.480 e. The van der Waals surface area contributed by atoms with Gasteiger partial charge in [-0.1, -0.05) is 50.0 Å². The van der Waals surface area contributed by atoms with Crippen LogP contribution in [0, 0.1) is 23.6 Å². The van der Waals surface area contributed by atoms with Gasteiger partial charge >= 0.3 is 5.97 Å². The summed E-state index contributed by atoms with van der Waals surface area (Å²) in [6, 6.07) is 13.8. The van der Waals surface area contributed by atoms with Crippen molar-refractivity contribution < 1.29 is 28.5 Å². The average molecular weight is 502 g/mol. The van der Waals surface area contributed by atoms with Crippen LogP contribution in [0.15, 0.2) is 60.0 Å². The largest absolute Gasteiger partial charge is 0.480 e. The number of rotatable bonds is 8. The first-order chi connectivity index (χ1) is 16.1. The molecule has 3 atom stereocenters. The molecule has 0 fully saturated rings. The van der Waals surface area contributed by atoms with Gasteiger partial charge in [-0.2, -0.15) is 0 Å². The molecule has 3 rings (SSSR count). The summed E-state index contributed by atoms with van der Waals surface area (Å²) >= 11 is 1.43. The Hall–Kier alpha value is -2.82. The minimum atomic E-state index is -3.50. The fourth-order valence-electron chi connectivity index (χ4n) is 3.59. The first-order valence-corrected chi connectivity index (χ1v) is 12.7. The molecule has 1 aromatic carbocycles. The van der Waals surface area contributed by atoms with Gasteiger partial charge in [0, 0.05) is 19.4 Å². The van der Waals surface area contributed by atoms with Crippen LogP contribution in [-0.4, -0.2) is 33.4 Å². The van der Waals surface area contributed by atoms with Gasteiger partial charge in [-0.25, -0.2) is 14.2 Å². The van der Waals surface area contributed by atoms with Crippen molar-refractivity contribution in [1.29, 1.82) is 0 Å². The average Bonchev–Trinajstić information content (AvgIpc) is 3.35. The monoisotopic (exact) mass is 501 g/mol. The lowest BCUT2D eigenvalue weighted by molar-refractivity contribution is -0.146. The number of aliphatic carboxylic acids is 1. The summed E-state index contributed by atoms with van der Waals surface area (Å²) in [5.41, 5.74) is -1.48. The zero-order valence-corrected chi connectivity index (χ0v) is 20.7. The van der Waals surface area contributed by atoms with Crippen molar-refractivity contribution in [3.63, 3.8) is 0 Å². The van der Waals surface area contributed by atoms with E-state index in [1.807, 2.05) is 17.5 Å². The molecule has 2 aromatic heterocycles. The topological polar surface area (TPSA) is 96.7 Å². The molecule has 0 aliphatic carbocycles. The molecule has 0 amide bonds. The summed E-state index contributed by atoms with van der Waals surface area (Å²) in [5.74, 6) is 3.01. The summed E-state index contributed by atoms with van der Waals surface area (Å²) in [5, 5.41) is 22.0. The Morgan fingerprint density at radius 3 is 2.47 bits per heavy atom. The van der Waals surface area contributed by atoms with Crippen LogP contribution in [0.1, 0.15) is 25.1 Å². The van der Waals surface area contributed by atoms with Crippen LogP contribution in [0.3, 0.4) is 0 Å². The van der Waals surface area contributed by atoms with Crippen molar-refractivity contribution >= 4 is 25.3 Å². The number of carbonyl (C=O) groups is 1. The van der Waals surface area contributed by atoms with Crippen LogP contribution in [0.5, 0.6) is 0 Å². The second kappa shape index (κ2) is 10.6. The number of nitrogens with zero attached hydrogens (tertiary/aromatic N) is 1. The van der Waals surface area contributed by atoms with E-state index in [0.717, 1.165) is 12.0 Å². The van der Waals surface area contributed by atoms with Gasteiger partial charge < -0.3 is 14.7 Å². The highest BCUT2D eigenvalue weighted by Gasteiger charge is 2.62. The molecule has 2 heterocycles.